The Balaban J connectivity index is 2.23. The zero-order valence-electron chi connectivity index (χ0n) is 12.4. The largest absolute Gasteiger partial charge is 0.493 e. The van der Waals surface area contributed by atoms with Gasteiger partial charge in [0.25, 0.3) is 0 Å². The molecule has 0 heterocycles. The molecule has 0 amide bonds. The van der Waals surface area contributed by atoms with Crippen LogP contribution in [0.5, 0.6) is 11.5 Å². The van der Waals surface area contributed by atoms with Crippen LogP contribution >= 0.6 is 0 Å². The molecule has 1 atom stereocenters. The van der Waals surface area contributed by atoms with Crippen LogP contribution in [0, 0.1) is 12.7 Å². The minimum absolute atomic E-state index is 0.306. The van der Waals surface area contributed by atoms with Crippen LogP contribution in [0.15, 0.2) is 36.4 Å². The van der Waals surface area contributed by atoms with Crippen LogP contribution in [0.2, 0.25) is 0 Å². The summed E-state index contributed by atoms with van der Waals surface area (Å²) in [6.45, 7) is 1.68. The minimum Gasteiger partial charge on any atom is -0.493 e. The van der Waals surface area contributed by atoms with Gasteiger partial charge in [0.05, 0.1) is 20.3 Å². The second kappa shape index (κ2) is 6.59. The molecule has 0 fully saturated rings. The molecular formula is C17H19FO3. The predicted molar refractivity (Wildman–Crippen MR) is 79.3 cm³/mol. The Morgan fingerprint density at radius 3 is 2.48 bits per heavy atom. The van der Waals surface area contributed by atoms with Gasteiger partial charge in [0.2, 0.25) is 0 Å². The van der Waals surface area contributed by atoms with Crippen LogP contribution in [-0.2, 0) is 6.42 Å². The molecule has 0 saturated heterocycles. The van der Waals surface area contributed by atoms with Crippen molar-refractivity contribution < 1.29 is 19.0 Å². The van der Waals surface area contributed by atoms with Crippen LogP contribution in [0.4, 0.5) is 4.39 Å². The van der Waals surface area contributed by atoms with Gasteiger partial charge in [-0.25, -0.2) is 4.39 Å². The van der Waals surface area contributed by atoms with Crippen molar-refractivity contribution in [3.63, 3.8) is 0 Å². The maximum atomic E-state index is 14.0. The molecule has 0 aliphatic rings. The molecule has 0 spiro atoms. The quantitative estimate of drug-likeness (QED) is 0.917. The number of methoxy groups -OCH3 is 2. The first-order valence-electron chi connectivity index (χ1n) is 6.70. The van der Waals surface area contributed by atoms with Gasteiger partial charge in [0.15, 0.2) is 11.5 Å². The Morgan fingerprint density at radius 1 is 1.10 bits per heavy atom. The molecule has 1 unspecified atom stereocenters. The van der Waals surface area contributed by atoms with E-state index in [1.807, 2.05) is 6.07 Å². The first-order valence-corrected chi connectivity index (χ1v) is 6.70. The molecule has 0 aliphatic heterocycles. The summed E-state index contributed by atoms with van der Waals surface area (Å²) >= 11 is 0. The molecule has 0 aromatic heterocycles. The lowest BCUT2D eigenvalue weighted by Crippen LogP contribution is -2.05. The number of halogens is 1. The van der Waals surface area contributed by atoms with Crippen molar-refractivity contribution in [2.45, 2.75) is 19.4 Å². The van der Waals surface area contributed by atoms with E-state index in [1.54, 1.807) is 51.5 Å². The van der Waals surface area contributed by atoms with E-state index in [1.165, 1.54) is 0 Å². The topological polar surface area (TPSA) is 38.7 Å². The van der Waals surface area contributed by atoms with Crippen LogP contribution in [0.3, 0.4) is 0 Å². The molecule has 1 N–H and O–H groups in total. The highest BCUT2D eigenvalue weighted by Crippen LogP contribution is 2.30. The number of hydrogen-bond donors (Lipinski definition) is 1. The van der Waals surface area contributed by atoms with Gasteiger partial charge in [-0.1, -0.05) is 24.3 Å². The number of aryl methyl sites for hydroxylation is 1. The van der Waals surface area contributed by atoms with E-state index in [0.717, 1.165) is 5.56 Å². The van der Waals surface area contributed by atoms with Crippen LogP contribution in [0.25, 0.3) is 0 Å². The number of ether oxygens (including phenoxy) is 2. The SMILES string of the molecule is COc1ccc(CC(O)c2cccc(C)c2F)cc1OC. The monoisotopic (exact) mass is 290 g/mol. The second-order valence-electron chi connectivity index (χ2n) is 4.89. The second-order valence-corrected chi connectivity index (χ2v) is 4.89. The number of benzene rings is 2. The molecule has 0 radical (unpaired) electrons. The fourth-order valence-corrected chi connectivity index (χ4v) is 2.27. The van der Waals surface area contributed by atoms with Crippen molar-refractivity contribution in [2.24, 2.45) is 0 Å². The van der Waals surface area contributed by atoms with Gasteiger partial charge in [0.1, 0.15) is 5.82 Å². The van der Waals surface area contributed by atoms with Crippen molar-refractivity contribution in [3.8, 4) is 11.5 Å². The van der Waals surface area contributed by atoms with Crippen molar-refractivity contribution >= 4 is 0 Å². The molecule has 2 aromatic rings. The Morgan fingerprint density at radius 2 is 1.81 bits per heavy atom. The van der Waals surface area contributed by atoms with E-state index in [-0.39, 0.29) is 5.82 Å². The summed E-state index contributed by atoms with van der Waals surface area (Å²) in [5.74, 6) is 0.856. The average molecular weight is 290 g/mol. The minimum atomic E-state index is -0.900. The Labute approximate surface area is 124 Å². The third kappa shape index (κ3) is 3.34. The molecule has 2 aromatic carbocycles. The summed E-state index contributed by atoms with van der Waals surface area (Å²) in [4.78, 5) is 0. The maximum Gasteiger partial charge on any atom is 0.160 e. The van der Waals surface area contributed by atoms with Crippen LogP contribution < -0.4 is 9.47 Å². The first kappa shape index (κ1) is 15.3. The van der Waals surface area contributed by atoms with Gasteiger partial charge in [0, 0.05) is 12.0 Å². The molecule has 112 valence electrons. The lowest BCUT2D eigenvalue weighted by atomic mass is 9.99. The number of hydrogen-bond acceptors (Lipinski definition) is 3. The first-order chi connectivity index (χ1) is 10.1. The van der Waals surface area contributed by atoms with Crippen LogP contribution in [-0.4, -0.2) is 19.3 Å². The highest BCUT2D eigenvalue weighted by Gasteiger charge is 2.15. The molecule has 4 heteroatoms. The number of rotatable bonds is 5. The normalized spacial score (nSPS) is 12.0. The van der Waals surface area contributed by atoms with E-state index >= 15 is 0 Å². The van der Waals surface area contributed by atoms with Gasteiger partial charge in [-0.2, -0.15) is 0 Å². The van der Waals surface area contributed by atoms with Gasteiger partial charge in [-0.3, -0.25) is 0 Å². The molecule has 0 bridgehead atoms. The fourth-order valence-electron chi connectivity index (χ4n) is 2.27. The Hall–Kier alpha value is -2.07. The van der Waals surface area contributed by atoms with Gasteiger partial charge >= 0.3 is 0 Å². The summed E-state index contributed by atoms with van der Waals surface area (Å²) in [7, 11) is 3.12. The highest BCUT2D eigenvalue weighted by atomic mass is 19.1. The van der Waals surface area contributed by atoms with Gasteiger partial charge in [-0.05, 0) is 30.2 Å². The Kier molecular flexibility index (Phi) is 4.81. The Bertz CT molecular complexity index is 625. The zero-order valence-corrected chi connectivity index (χ0v) is 12.4. The van der Waals surface area contributed by atoms with Crippen LogP contribution in [0.1, 0.15) is 22.8 Å². The molecule has 3 nitrogen and oxygen atoms in total. The van der Waals surface area contributed by atoms with Crippen molar-refractivity contribution in [2.75, 3.05) is 14.2 Å². The summed E-state index contributed by atoms with van der Waals surface area (Å²) in [6, 6.07) is 10.4. The van der Waals surface area contributed by atoms with E-state index in [4.69, 9.17) is 9.47 Å². The van der Waals surface area contributed by atoms with E-state index < -0.39 is 6.10 Å². The smallest absolute Gasteiger partial charge is 0.160 e. The summed E-state index contributed by atoms with van der Waals surface area (Å²) < 4.78 is 24.4. The van der Waals surface area contributed by atoms with Crippen molar-refractivity contribution in [1.29, 1.82) is 0 Å². The van der Waals surface area contributed by atoms with Gasteiger partial charge in [-0.15, -0.1) is 0 Å². The molecule has 21 heavy (non-hydrogen) atoms. The van der Waals surface area contributed by atoms with E-state index in [9.17, 15) is 9.50 Å². The predicted octanol–water partition coefficient (Wildman–Crippen LogP) is 3.43. The summed E-state index contributed by atoms with van der Waals surface area (Å²) in [5, 5.41) is 10.3. The third-order valence-electron chi connectivity index (χ3n) is 3.46. The van der Waals surface area contributed by atoms with E-state index in [2.05, 4.69) is 0 Å². The lowest BCUT2D eigenvalue weighted by molar-refractivity contribution is 0.173. The van der Waals surface area contributed by atoms with Crippen molar-refractivity contribution in [3.05, 3.63) is 58.9 Å². The number of aliphatic hydroxyl groups excluding tert-OH is 1. The number of aliphatic hydroxyl groups is 1. The maximum absolute atomic E-state index is 14.0. The lowest BCUT2D eigenvalue weighted by Gasteiger charge is -2.15. The van der Waals surface area contributed by atoms with Crippen molar-refractivity contribution in [1.82, 2.24) is 0 Å². The zero-order chi connectivity index (χ0) is 15.4. The fraction of sp³-hybridized carbons (Fsp3) is 0.294. The molecule has 0 aliphatic carbocycles. The highest BCUT2D eigenvalue weighted by molar-refractivity contribution is 5.43. The summed E-state index contributed by atoms with van der Waals surface area (Å²) in [6.07, 6.45) is -0.594. The third-order valence-corrected chi connectivity index (χ3v) is 3.46. The molecule has 0 saturated carbocycles. The molecule has 2 rings (SSSR count). The standard InChI is InChI=1S/C17H19FO3/c1-11-5-4-6-13(17(11)18)14(19)9-12-7-8-15(20-2)16(10-12)21-3/h4-8,10,14,19H,9H2,1-3H3. The summed E-state index contributed by atoms with van der Waals surface area (Å²) in [5.41, 5.74) is 1.68. The average Bonchev–Trinajstić information content (AvgIpc) is 2.49. The molecular weight excluding hydrogens is 271 g/mol. The van der Waals surface area contributed by atoms with Gasteiger partial charge < -0.3 is 14.6 Å². The van der Waals surface area contributed by atoms with E-state index in [0.29, 0.717) is 29.0 Å².